The fraction of sp³-hybridized carbons (Fsp3) is 0.615. The van der Waals surface area contributed by atoms with E-state index in [4.69, 9.17) is 4.74 Å². The average Bonchev–Trinajstić information content (AvgIpc) is 3.50. The van der Waals surface area contributed by atoms with Gasteiger partial charge in [0.1, 0.15) is 0 Å². The van der Waals surface area contributed by atoms with Gasteiger partial charge in [0.25, 0.3) is 0 Å². The maximum Gasteiger partial charge on any atom is 0.0794 e. The van der Waals surface area contributed by atoms with Crippen molar-refractivity contribution in [1.82, 2.24) is 14.4 Å². The van der Waals surface area contributed by atoms with E-state index in [0.29, 0.717) is 6.04 Å². The lowest BCUT2D eigenvalue weighted by atomic mass is 9.87. The van der Waals surface area contributed by atoms with Gasteiger partial charge in [-0.2, -0.15) is 0 Å². The molecule has 2 aliphatic rings. The van der Waals surface area contributed by atoms with E-state index >= 15 is 0 Å². The van der Waals surface area contributed by atoms with Crippen LogP contribution in [0.1, 0.15) is 50.4 Å². The van der Waals surface area contributed by atoms with E-state index < -0.39 is 0 Å². The van der Waals surface area contributed by atoms with Crippen molar-refractivity contribution in [2.24, 2.45) is 0 Å². The van der Waals surface area contributed by atoms with Crippen LogP contribution < -0.4 is 0 Å². The second-order valence-corrected chi connectivity index (χ2v) is 10.3. The number of aromatic nitrogens is 1. The SMILES string of the molecule is CC(C)(C)c1ccc(Cn2cccc2CN(C[C@H](O)CN2CCOCC2)C2CC2)cc1. The highest BCUT2D eigenvalue weighted by Gasteiger charge is 2.31. The van der Waals surface area contributed by atoms with Crippen LogP contribution in [0.5, 0.6) is 0 Å². The van der Waals surface area contributed by atoms with Crippen molar-refractivity contribution in [2.45, 2.75) is 64.3 Å². The summed E-state index contributed by atoms with van der Waals surface area (Å²) in [6, 6.07) is 14.0. The minimum Gasteiger partial charge on any atom is -0.390 e. The summed E-state index contributed by atoms with van der Waals surface area (Å²) in [7, 11) is 0. The smallest absolute Gasteiger partial charge is 0.0794 e. The summed E-state index contributed by atoms with van der Waals surface area (Å²) < 4.78 is 7.79. The Morgan fingerprint density at radius 3 is 2.45 bits per heavy atom. The number of rotatable bonds is 9. The quantitative estimate of drug-likeness (QED) is 0.668. The summed E-state index contributed by atoms with van der Waals surface area (Å²) in [5.41, 5.74) is 4.21. The van der Waals surface area contributed by atoms with Crippen molar-refractivity contribution in [3.8, 4) is 0 Å². The number of nitrogens with zero attached hydrogens (tertiary/aromatic N) is 3. The van der Waals surface area contributed by atoms with Gasteiger partial charge in [0.15, 0.2) is 0 Å². The van der Waals surface area contributed by atoms with Crippen molar-refractivity contribution in [3.05, 3.63) is 59.4 Å². The number of benzene rings is 1. The predicted octanol–water partition coefficient (Wildman–Crippen LogP) is 3.49. The zero-order valence-corrected chi connectivity index (χ0v) is 19.5. The molecule has 1 aliphatic carbocycles. The summed E-state index contributed by atoms with van der Waals surface area (Å²) in [5, 5.41) is 10.7. The van der Waals surface area contributed by atoms with Gasteiger partial charge in [0.05, 0.1) is 19.3 Å². The number of aliphatic hydroxyl groups is 1. The standard InChI is InChI=1S/C26H39N3O2/c1-26(2,3)22-8-6-21(7-9-22)17-28-12-4-5-24(28)18-29(23-10-11-23)20-25(30)19-27-13-15-31-16-14-27/h4-9,12,23,25,30H,10-11,13-20H2,1-3H3/t25-/m1/s1. The van der Waals surface area contributed by atoms with Crippen LogP contribution in [0.4, 0.5) is 0 Å². The average molecular weight is 426 g/mol. The molecule has 1 N–H and O–H groups in total. The summed E-state index contributed by atoms with van der Waals surface area (Å²) in [4.78, 5) is 4.81. The molecule has 2 heterocycles. The van der Waals surface area contributed by atoms with Gasteiger partial charge < -0.3 is 14.4 Å². The third-order valence-corrected chi connectivity index (χ3v) is 6.54. The van der Waals surface area contributed by atoms with Crippen LogP contribution in [0.2, 0.25) is 0 Å². The molecule has 2 aromatic rings. The number of hydrogen-bond donors (Lipinski definition) is 1. The van der Waals surface area contributed by atoms with Gasteiger partial charge in [-0.15, -0.1) is 0 Å². The zero-order valence-electron chi connectivity index (χ0n) is 19.5. The predicted molar refractivity (Wildman–Crippen MR) is 125 cm³/mol. The summed E-state index contributed by atoms with van der Waals surface area (Å²) in [6.07, 6.45) is 4.37. The Kier molecular flexibility index (Phi) is 7.17. The minimum absolute atomic E-state index is 0.184. The molecule has 1 aromatic carbocycles. The number of β-amino-alcohol motifs (C(OH)–C–C–N with tert-alkyl or cyclic N) is 1. The molecule has 0 amide bonds. The number of aliphatic hydroxyl groups excluding tert-OH is 1. The van der Waals surface area contributed by atoms with E-state index in [1.807, 2.05) is 0 Å². The van der Waals surface area contributed by atoms with E-state index in [9.17, 15) is 5.11 Å². The van der Waals surface area contributed by atoms with Crippen LogP contribution >= 0.6 is 0 Å². The Morgan fingerprint density at radius 2 is 1.81 bits per heavy atom. The molecule has 170 valence electrons. The van der Waals surface area contributed by atoms with Crippen LogP contribution in [0, 0.1) is 0 Å². The molecule has 0 spiro atoms. The van der Waals surface area contributed by atoms with E-state index in [1.165, 1.54) is 29.7 Å². The molecule has 4 rings (SSSR count). The monoisotopic (exact) mass is 425 g/mol. The van der Waals surface area contributed by atoms with Gasteiger partial charge >= 0.3 is 0 Å². The van der Waals surface area contributed by atoms with Crippen molar-refractivity contribution in [2.75, 3.05) is 39.4 Å². The highest BCUT2D eigenvalue weighted by molar-refractivity contribution is 5.28. The third-order valence-electron chi connectivity index (χ3n) is 6.54. The van der Waals surface area contributed by atoms with Gasteiger partial charge in [0.2, 0.25) is 0 Å². The molecule has 5 heteroatoms. The van der Waals surface area contributed by atoms with Gasteiger partial charge in [-0.1, -0.05) is 45.0 Å². The Bertz CT molecular complexity index is 814. The number of morpholine rings is 1. The Hall–Kier alpha value is -1.66. The van der Waals surface area contributed by atoms with Crippen molar-refractivity contribution < 1.29 is 9.84 Å². The van der Waals surface area contributed by atoms with Crippen molar-refractivity contribution in [1.29, 1.82) is 0 Å². The fourth-order valence-electron chi connectivity index (χ4n) is 4.45. The molecule has 1 aliphatic heterocycles. The number of hydrogen-bond acceptors (Lipinski definition) is 4. The first-order chi connectivity index (χ1) is 14.9. The van der Waals surface area contributed by atoms with E-state index in [-0.39, 0.29) is 11.5 Å². The van der Waals surface area contributed by atoms with E-state index in [0.717, 1.165) is 52.5 Å². The minimum atomic E-state index is -0.313. The second-order valence-electron chi connectivity index (χ2n) is 10.3. The van der Waals surface area contributed by atoms with Crippen LogP contribution in [-0.4, -0.2) is 71.0 Å². The Labute approximate surface area is 187 Å². The lowest BCUT2D eigenvalue weighted by Crippen LogP contribution is -2.45. The second kappa shape index (κ2) is 9.86. The Balaban J connectivity index is 1.36. The molecule has 0 unspecified atom stereocenters. The van der Waals surface area contributed by atoms with Crippen molar-refractivity contribution in [3.63, 3.8) is 0 Å². The van der Waals surface area contributed by atoms with E-state index in [2.05, 4.69) is 77.7 Å². The maximum absolute atomic E-state index is 10.7. The summed E-state index contributed by atoms with van der Waals surface area (Å²) >= 11 is 0. The van der Waals surface area contributed by atoms with Crippen LogP contribution in [0.15, 0.2) is 42.6 Å². The molecule has 2 fully saturated rings. The molecular formula is C26H39N3O2. The Morgan fingerprint density at radius 1 is 1.10 bits per heavy atom. The highest BCUT2D eigenvalue weighted by atomic mass is 16.5. The van der Waals surface area contributed by atoms with Gasteiger partial charge in [-0.05, 0) is 41.5 Å². The zero-order chi connectivity index (χ0) is 21.8. The highest BCUT2D eigenvalue weighted by Crippen LogP contribution is 2.29. The molecule has 0 radical (unpaired) electrons. The molecule has 5 nitrogen and oxygen atoms in total. The summed E-state index contributed by atoms with van der Waals surface area (Å²) in [6.45, 7) is 13.5. The first-order valence-electron chi connectivity index (χ1n) is 11.8. The summed E-state index contributed by atoms with van der Waals surface area (Å²) in [5.74, 6) is 0. The molecule has 1 saturated heterocycles. The molecule has 31 heavy (non-hydrogen) atoms. The van der Waals surface area contributed by atoms with Crippen LogP contribution in [0.3, 0.4) is 0 Å². The van der Waals surface area contributed by atoms with Gasteiger partial charge in [-0.3, -0.25) is 9.80 Å². The molecule has 1 atom stereocenters. The molecule has 0 bridgehead atoms. The largest absolute Gasteiger partial charge is 0.390 e. The van der Waals surface area contributed by atoms with Crippen LogP contribution in [-0.2, 0) is 23.2 Å². The molecule has 1 aromatic heterocycles. The van der Waals surface area contributed by atoms with Gasteiger partial charge in [0, 0.05) is 57.2 Å². The van der Waals surface area contributed by atoms with Gasteiger partial charge in [-0.25, -0.2) is 0 Å². The number of ether oxygens (including phenoxy) is 1. The normalized spacial score (nSPS) is 19.1. The first kappa shape index (κ1) is 22.5. The topological polar surface area (TPSA) is 40.9 Å². The molecule has 1 saturated carbocycles. The maximum atomic E-state index is 10.7. The third kappa shape index (κ3) is 6.42. The fourth-order valence-corrected chi connectivity index (χ4v) is 4.45. The van der Waals surface area contributed by atoms with Crippen LogP contribution in [0.25, 0.3) is 0 Å². The first-order valence-corrected chi connectivity index (χ1v) is 11.8. The lowest BCUT2D eigenvalue weighted by molar-refractivity contribution is 0.00534. The molecular weight excluding hydrogens is 386 g/mol. The van der Waals surface area contributed by atoms with E-state index in [1.54, 1.807) is 0 Å². The van der Waals surface area contributed by atoms with Crippen molar-refractivity contribution >= 4 is 0 Å². The lowest BCUT2D eigenvalue weighted by Gasteiger charge is -2.31.